The van der Waals surface area contributed by atoms with E-state index in [1.54, 1.807) is 14.1 Å². The summed E-state index contributed by atoms with van der Waals surface area (Å²) in [5.74, 6) is 0.0746. The van der Waals surface area contributed by atoms with Gasteiger partial charge in [0.15, 0.2) is 0 Å². The first-order valence-corrected chi connectivity index (χ1v) is 4.04. The molecule has 0 aromatic carbocycles. The van der Waals surface area contributed by atoms with Crippen LogP contribution in [-0.4, -0.2) is 37.0 Å². The molecule has 1 aromatic rings. The average Bonchev–Trinajstić information content (AvgIpc) is 2.16. The van der Waals surface area contributed by atoms with E-state index >= 15 is 0 Å². The third-order valence-corrected chi connectivity index (χ3v) is 1.74. The second kappa shape index (κ2) is 3.95. The van der Waals surface area contributed by atoms with Crippen molar-refractivity contribution in [1.29, 1.82) is 0 Å². The first-order chi connectivity index (χ1) is 6.56. The molecule has 1 amide bonds. The summed E-state index contributed by atoms with van der Waals surface area (Å²) in [6.45, 7) is 0. The zero-order chi connectivity index (χ0) is 10.7. The predicted molar refractivity (Wildman–Crippen MR) is 51.6 cm³/mol. The second-order valence-corrected chi connectivity index (χ2v) is 2.98. The van der Waals surface area contributed by atoms with Crippen LogP contribution in [-0.2, 0) is 0 Å². The highest BCUT2D eigenvalue weighted by molar-refractivity contribution is 5.96. The largest absolute Gasteiger partial charge is 0.496 e. The summed E-state index contributed by atoms with van der Waals surface area (Å²) in [6.07, 6.45) is 1.35. The molecule has 0 spiro atoms. The summed E-state index contributed by atoms with van der Waals surface area (Å²) in [6, 6.07) is 1.25. The Morgan fingerprint density at radius 3 is 2.64 bits per heavy atom. The first kappa shape index (κ1) is 10.3. The fraction of sp³-hybridized carbons (Fsp3) is 0.333. The summed E-state index contributed by atoms with van der Waals surface area (Å²) >= 11 is 0. The van der Waals surface area contributed by atoms with Gasteiger partial charge < -0.3 is 14.6 Å². The lowest BCUT2D eigenvalue weighted by atomic mass is 10.2. The molecular weight excluding hydrogens is 184 g/mol. The molecule has 1 N–H and O–H groups in total. The third-order valence-electron chi connectivity index (χ3n) is 1.74. The molecule has 0 aliphatic carbocycles. The van der Waals surface area contributed by atoms with Gasteiger partial charge in [-0.15, -0.1) is 0 Å². The number of carbonyl (C=O) groups is 1. The van der Waals surface area contributed by atoms with Crippen LogP contribution in [0, 0.1) is 0 Å². The summed E-state index contributed by atoms with van der Waals surface area (Å²) < 4.78 is 4.93. The topological polar surface area (TPSA) is 62.4 Å². The molecule has 14 heavy (non-hydrogen) atoms. The van der Waals surface area contributed by atoms with Crippen molar-refractivity contribution in [1.82, 2.24) is 9.88 Å². The van der Waals surface area contributed by atoms with Gasteiger partial charge in [0.2, 0.25) is 0 Å². The van der Waals surface area contributed by atoms with Crippen LogP contribution in [0.4, 0.5) is 0 Å². The van der Waals surface area contributed by atoms with Crippen molar-refractivity contribution in [2.24, 2.45) is 0 Å². The molecule has 1 aromatic heterocycles. The van der Waals surface area contributed by atoms with Crippen LogP contribution in [0.25, 0.3) is 0 Å². The van der Waals surface area contributed by atoms with E-state index in [-0.39, 0.29) is 17.2 Å². The Kier molecular flexibility index (Phi) is 2.91. The molecule has 1 rings (SSSR count). The molecule has 0 aliphatic rings. The second-order valence-electron chi connectivity index (χ2n) is 2.98. The molecule has 5 heteroatoms. The number of ether oxygens (including phenoxy) is 1. The lowest BCUT2D eigenvalue weighted by Crippen LogP contribution is -2.23. The van der Waals surface area contributed by atoms with E-state index in [9.17, 15) is 9.59 Å². The van der Waals surface area contributed by atoms with Gasteiger partial charge in [-0.05, 0) is 0 Å². The maximum Gasteiger partial charge on any atom is 0.258 e. The quantitative estimate of drug-likeness (QED) is 0.728. The number of nitrogens with zero attached hydrogens (tertiary/aromatic N) is 1. The van der Waals surface area contributed by atoms with E-state index < -0.39 is 0 Å². The highest BCUT2D eigenvalue weighted by Crippen LogP contribution is 2.14. The fourth-order valence-corrected chi connectivity index (χ4v) is 1.03. The zero-order valence-electron chi connectivity index (χ0n) is 8.33. The van der Waals surface area contributed by atoms with Crippen molar-refractivity contribution in [3.05, 3.63) is 28.2 Å². The number of methoxy groups -OCH3 is 1. The van der Waals surface area contributed by atoms with E-state index in [1.165, 1.54) is 24.3 Å². The molecule has 0 saturated carbocycles. The maximum atomic E-state index is 11.6. The highest BCUT2D eigenvalue weighted by atomic mass is 16.5. The lowest BCUT2D eigenvalue weighted by molar-refractivity contribution is 0.0824. The van der Waals surface area contributed by atoms with E-state index in [2.05, 4.69) is 4.98 Å². The van der Waals surface area contributed by atoms with Crippen LogP contribution in [0.15, 0.2) is 17.1 Å². The Morgan fingerprint density at radius 1 is 1.50 bits per heavy atom. The number of hydrogen-bond acceptors (Lipinski definition) is 3. The molecule has 0 bridgehead atoms. The number of H-pyrrole nitrogens is 1. The Labute approximate surface area is 81.3 Å². The molecule has 0 radical (unpaired) electrons. The Balaban J connectivity index is 3.21. The van der Waals surface area contributed by atoms with Gasteiger partial charge in [-0.25, -0.2) is 0 Å². The van der Waals surface area contributed by atoms with E-state index in [1.807, 2.05) is 0 Å². The summed E-state index contributed by atoms with van der Waals surface area (Å²) in [7, 11) is 4.68. The number of hydrogen-bond donors (Lipinski definition) is 1. The van der Waals surface area contributed by atoms with Crippen LogP contribution in [0.2, 0.25) is 0 Å². The highest BCUT2D eigenvalue weighted by Gasteiger charge is 2.14. The van der Waals surface area contributed by atoms with Crippen LogP contribution in [0.3, 0.4) is 0 Å². The predicted octanol–water partition coefficient (Wildman–Crippen LogP) is 0.0853. The minimum atomic E-state index is -0.294. The van der Waals surface area contributed by atoms with Gasteiger partial charge in [0.1, 0.15) is 5.75 Å². The SMILES string of the molecule is COc1cc(=O)[nH]cc1C(=O)N(C)C. The van der Waals surface area contributed by atoms with Crippen LogP contribution in [0.5, 0.6) is 5.75 Å². The summed E-state index contributed by atoms with van der Waals surface area (Å²) in [4.78, 5) is 26.3. The van der Waals surface area contributed by atoms with Crippen molar-refractivity contribution >= 4 is 5.91 Å². The van der Waals surface area contributed by atoms with Gasteiger partial charge in [-0.2, -0.15) is 0 Å². The first-order valence-electron chi connectivity index (χ1n) is 4.04. The van der Waals surface area contributed by atoms with E-state index in [0.29, 0.717) is 5.56 Å². The lowest BCUT2D eigenvalue weighted by Gasteiger charge is -2.12. The fourth-order valence-electron chi connectivity index (χ4n) is 1.03. The van der Waals surface area contributed by atoms with Crippen molar-refractivity contribution < 1.29 is 9.53 Å². The number of aromatic amines is 1. The molecule has 0 fully saturated rings. The van der Waals surface area contributed by atoms with Gasteiger partial charge in [0.25, 0.3) is 11.5 Å². The molecule has 1 heterocycles. The Hall–Kier alpha value is -1.78. The standard InChI is InChI=1S/C9H12N2O3/c1-11(2)9(13)6-5-10-8(12)4-7(6)14-3/h4-5H,1-3H3,(H,10,12). The summed E-state index contributed by atoms with van der Waals surface area (Å²) in [5.41, 5.74) is 0.0502. The van der Waals surface area contributed by atoms with Gasteiger partial charge in [-0.1, -0.05) is 0 Å². The van der Waals surface area contributed by atoms with E-state index in [0.717, 1.165) is 0 Å². The van der Waals surface area contributed by atoms with Gasteiger partial charge >= 0.3 is 0 Å². The molecule has 0 saturated heterocycles. The van der Waals surface area contributed by atoms with Gasteiger partial charge in [0.05, 0.1) is 12.7 Å². The number of nitrogens with one attached hydrogen (secondary N) is 1. The Morgan fingerprint density at radius 2 is 2.14 bits per heavy atom. The van der Waals surface area contributed by atoms with Crippen molar-refractivity contribution in [2.45, 2.75) is 0 Å². The molecule has 5 nitrogen and oxygen atoms in total. The number of rotatable bonds is 2. The maximum absolute atomic E-state index is 11.6. The molecular formula is C9H12N2O3. The van der Waals surface area contributed by atoms with Gasteiger partial charge in [0, 0.05) is 26.4 Å². The average molecular weight is 196 g/mol. The minimum absolute atomic E-state index is 0.210. The summed E-state index contributed by atoms with van der Waals surface area (Å²) in [5, 5.41) is 0. The van der Waals surface area contributed by atoms with Crippen molar-refractivity contribution in [3.63, 3.8) is 0 Å². The van der Waals surface area contributed by atoms with Gasteiger partial charge in [-0.3, -0.25) is 9.59 Å². The Bertz CT molecular complexity index is 395. The molecule has 76 valence electrons. The number of aromatic nitrogens is 1. The number of pyridine rings is 1. The molecule has 0 aliphatic heterocycles. The molecule has 0 atom stereocenters. The normalized spacial score (nSPS) is 9.64. The van der Waals surface area contributed by atoms with Crippen LogP contribution >= 0.6 is 0 Å². The number of carbonyl (C=O) groups excluding carboxylic acids is 1. The zero-order valence-corrected chi connectivity index (χ0v) is 8.33. The number of amides is 1. The van der Waals surface area contributed by atoms with Crippen LogP contribution in [0.1, 0.15) is 10.4 Å². The van der Waals surface area contributed by atoms with Crippen molar-refractivity contribution in [2.75, 3.05) is 21.2 Å². The molecule has 0 unspecified atom stereocenters. The van der Waals surface area contributed by atoms with E-state index in [4.69, 9.17) is 4.74 Å². The monoisotopic (exact) mass is 196 g/mol. The van der Waals surface area contributed by atoms with Crippen LogP contribution < -0.4 is 10.3 Å². The van der Waals surface area contributed by atoms with Crippen molar-refractivity contribution in [3.8, 4) is 5.75 Å². The smallest absolute Gasteiger partial charge is 0.258 e. The minimum Gasteiger partial charge on any atom is -0.496 e. The third kappa shape index (κ3) is 1.93.